The number of hydrogen-bond donors (Lipinski definition) is 3. The van der Waals surface area contributed by atoms with E-state index < -0.39 is 6.04 Å². The summed E-state index contributed by atoms with van der Waals surface area (Å²) in [7, 11) is 3.89. The zero-order chi connectivity index (χ0) is 28.4. The summed E-state index contributed by atoms with van der Waals surface area (Å²) in [5.41, 5.74) is 2.16. The van der Waals surface area contributed by atoms with E-state index in [9.17, 15) is 14.4 Å². The minimum atomic E-state index is -0.732. The summed E-state index contributed by atoms with van der Waals surface area (Å²) in [5, 5.41) is 9.90. The van der Waals surface area contributed by atoms with Gasteiger partial charge in [-0.25, -0.2) is 4.98 Å². The number of nitrogens with one attached hydrogen (secondary N) is 3. The summed E-state index contributed by atoms with van der Waals surface area (Å²) in [4.78, 5) is 45.2. The lowest BCUT2D eigenvalue weighted by Gasteiger charge is -2.32. The number of benzene rings is 1. The Morgan fingerprint density at radius 1 is 1.13 bits per heavy atom. The second-order valence-electron chi connectivity index (χ2n) is 11.1. The van der Waals surface area contributed by atoms with Gasteiger partial charge in [0.1, 0.15) is 6.04 Å². The van der Waals surface area contributed by atoms with Crippen LogP contribution in [0, 0.1) is 5.92 Å². The zero-order valence-electron chi connectivity index (χ0n) is 24.1. The minimum absolute atomic E-state index is 0.169. The highest BCUT2D eigenvalue weighted by molar-refractivity contribution is 7.18. The third-order valence-electron chi connectivity index (χ3n) is 7.26. The van der Waals surface area contributed by atoms with E-state index >= 15 is 0 Å². The maximum atomic E-state index is 13.6. The first-order valence-corrected chi connectivity index (χ1v) is 15.1. The van der Waals surface area contributed by atoms with E-state index in [1.165, 1.54) is 12.0 Å². The molecule has 39 heavy (non-hydrogen) atoms. The Hall–Kier alpha value is -2.78. The van der Waals surface area contributed by atoms with Gasteiger partial charge in [0.25, 0.3) is 0 Å². The number of carbonyl (C=O) groups is 3. The van der Waals surface area contributed by atoms with Gasteiger partial charge >= 0.3 is 0 Å². The van der Waals surface area contributed by atoms with Crippen molar-refractivity contribution in [2.45, 2.75) is 83.7 Å². The highest BCUT2D eigenvalue weighted by atomic mass is 32.1. The van der Waals surface area contributed by atoms with E-state index in [0.29, 0.717) is 31.8 Å². The minimum Gasteiger partial charge on any atom is -0.350 e. The van der Waals surface area contributed by atoms with E-state index in [1.807, 2.05) is 31.1 Å². The van der Waals surface area contributed by atoms with Crippen molar-refractivity contribution in [3.63, 3.8) is 0 Å². The monoisotopic (exact) mass is 555 g/mol. The van der Waals surface area contributed by atoms with Gasteiger partial charge in [-0.15, -0.1) is 11.3 Å². The molecule has 0 radical (unpaired) electrons. The van der Waals surface area contributed by atoms with Crippen molar-refractivity contribution in [1.82, 2.24) is 25.8 Å². The first-order chi connectivity index (χ1) is 18.7. The maximum Gasteiger partial charge on any atom is 0.243 e. The lowest BCUT2D eigenvalue weighted by molar-refractivity contribution is -0.129. The fraction of sp³-hybridized carbons (Fsp3) is 0.600. The van der Waals surface area contributed by atoms with Crippen molar-refractivity contribution in [2.75, 3.05) is 27.2 Å². The Morgan fingerprint density at radius 3 is 2.54 bits per heavy atom. The first kappa shape index (κ1) is 30.8. The first-order valence-electron chi connectivity index (χ1n) is 14.2. The molecule has 1 aromatic carbocycles. The molecule has 3 rings (SSSR count). The molecule has 1 aliphatic rings. The average Bonchev–Trinajstić information content (AvgIpc) is 3.32. The number of nitrogens with zero attached hydrogens (tertiary/aromatic N) is 2. The molecule has 3 N–H and O–H groups in total. The molecule has 0 bridgehead atoms. The van der Waals surface area contributed by atoms with Crippen molar-refractivity contribution >= 4 is 39.3 Å². The molecule has 1 fully saturated rings. The Labute approximate surface area is 237 Å². The summed E-state index contributed by atoms with van der Waals surface area (Å²) in [6.07, 6.45) is 9.44. The average molecular weight is 556 g/mol. The molecular formula is C30H45N5O3S. The van der Waals surface area contributed by atoms with Gasteiger partial charge in [-0.05, 0) is 56.5 Å². The van der Waals surface area contributed by atoms with E-state index in [4.69, 9.17) is 4.98 Å². The number of likely N-dealkylation sites (N-methyl/N-ethyl adjacent to an activating group) is 1. The van der Waals surface area contributed by atoms with Crippen LogP contribution in [0.15, 0.2) is 30.4 Å². The largest absolute Gasteiger partial charge is 0.350 e. The van der Waals surface area contributed by atoms with Gasteiger partial charge in [-0.1, -0.05) is 52.2 Å². The third kappa shape index (κ3) is 9.72. The molecule has 1 aliphatic carbocycles. The predicted molar refractivity (Wildman–Crippen MR) is 159 cm³/mol. The van der Waals surface area contributed by atoms with Gasteiger partial charge in [0, 0.05) is 38.0 Å². The van der Waals surface area contributed by atoms with Crippen LogP contribution >= 0.6 is 11.3 Å². The summed E-state index contributed by atoms with van der Waals surface area (Å²) in [6.45, 7) is 7.14. The van der Waals surface area contributed by atoms with Crippen LogP contribution in [0.2, 0.25) is 0 Å². The number of thiazole rings is 1. The number of carbonyl (C=O) groups excluding carboxylic acids is 3. The molecule has 1 heterocycles. The third-order valence-corrected chi connectivity index (χ3v) is 8.30. The molecule has 1 aromatic heterocycles. The maximum absolute atomic E-state index is 13.6. The van der Waals surface area contributed by atoms with Crippen molar-refractivity contribution in [2.24, 2.45) is 5.92 Å². The van der Waals surface area contributed by atoms with Crippen LogP contribution in [-0.2, 0) is 20.8 Å². The topological polar surface area (TPSA) is 103 Å². The lowest BCUT2D eigenvalue weighted by atomic mass is 9.83. The molecule has 9 heteroatoms. The smallest absolute Gasteiger partial charge is 0.243 e. The molecular weight excluding hydrogens is 510 g/mol. The molecule has 2 aromatic rings. The Balaban J connectivity index is 1.74. The highest BCUT2D eigenvalue weighted by Crippen LogP contribution is 2.28. The number of amides is 3. The molecule has 1 unspecified atom stereocenters. The summed E-state index contributed by atoms with van der Waals surface area (Å²) < 4.78 is 1.09. The van der Waals surface area contributed by atoms with E-state index in [0.717, 1.165) is 40.9 Å². The standard InChI is InChI=1S/C30H45N5O3S/c1-6-27(36)32-24(18-29-33-23-15-14-22(20(2)3)17-26(23)39-29)30(38)34-25(21-11-8-7-9-12-21)19-31-28(37)13-10-16-35(4)5/h10,13-15,17,20-21,24-25H,6-9,11-12,16,18-19H2,1-5H3,(H,31,37)(H,32,36)(H,34,38)/b13-10+/t24-,25?/m0/s1. The quantitative estimate of drug-likeness (QED) is 0.322. The number of rotatable bonds is 13. The van der Waals surface area contributed by atoms with Gasteiger partial charge in [0.2, 0.25) is 17.7 Å². The molecule has 2 atom stereocenters. The molecule has 214 valence electrons. The number of fused-ring (bicyclic) bond motifs is 1. The number of aromatic nitrogens is 1. The van der Waals surface area contributed by atoms with Gasteiger partial charge in [0.05, 0.1) is 15.2 Å². The normalized spacial score (nSPS) is 16.1. The van der Waals surface area contributed by atoms with Crippen LogP contribution in [0.3, 0.4) is 0 Å². The van der Waals surface area contributed by atoms with E-state index in [2.05, 4.69) is 41.9 Å². The fourth-order valence-electron chi connectivity index (χ4n) is 4.91. The molecule has 0 aliphatic heterocycles. The Bertz CT molecular complexity index is 1140. The predicted octanol–water partition coefficient (Wildman–Crippen LogP) is 4.16. The van der Waals surface area contributed by atoms with Crippen molar-refractivity contribution < 1.29 is 14.4 Å². The van der Waals surface area contributed by atoms with Crippen molar-refractivity contribution in [1.29, 1.82) is 0 Å². The van der Waals surface area contributed by atoms with Gasteiger partial charge in [-0.2, -0.15) is 0 Å². The van der Waals surface area contributed by atoms with Crippen LogP contribution in [0.1, 0.15) is 75.8 Å². The van der Waals surface area contributed by atoms with Gasteiger partial charge < -0.3 is 20.9 Å². The van der Waals surface area contributed by atoms with Crippen LogP contribution in [-0.4, -0.2) is 66.9 Å². The second-order valence-corrected chi connectivity index (χ2v) is 12.2. The zero-order valence-corrected chi connectivity index (χ0v) is 24.9. The van der Waals surface area contributed by atoms with Crippen molar-refractivity contribution in [3.05, 3.63) is 40.9 Å². The number of hydrogen-bond acceptors (Lipinski definition) is 6. The highest BCUT2D eigenvalue weighted by Gasteiger charge is 2.29. The van der Waals surface area contributed by atoms with Crippen LogP contribution in [0.25, 0.3) is 10.2 Å². The summed E-state index contributed by atoms with van der Waals surface area (Å²) in [6, 6.07) is 5.35. The van der Waals surface area contributed by atoms with Crippen LogP contribution in [0.5, 0.6) is 0 Å². The SMILES string of the molecule is CCC(=O)N[C@@H](Cc1nc2ccc(C(C)C)cc2s1)C(=O)NC(CNC(=O)/C=C/CN(C)C)C1CCCCC1. The summed E-state index contributed by atoms with van der Waals surface area (Å²) in [5.74, 6) is 0.132. The Morgan fingerprint density at radius 2 is 1.87 bits per heavy atom. The molecule has 1 saturated carbocycles. The van der Waals surface area contributed by atoms with Gasteiger partial charge in [0.15, 0.2) is 0 Å². The molecule has 0 saturated heterocycles. The van der Waals surface area contributed by atoms with E-state index in [1.54, 1.807) is 24.3 Å². The lowest BCUT2D eigenvalue weighted by Crippen LogP contribution is -2.55. The van der Waals surface area contributed by atoms with Gasteiger partial charge in [-0.3, -0.25) is 14.4 Å². The molecule has 8 nitrogen and oxygen atoms in total. The second kappa shape index (κ2) is 15.1. The van der Waals surface area contributed by atoms with Crippen LogP contribution in [0.4, 0.5) is 0 Å². The molecule has 0 spiro atoms. The fourth-order valence-corrected chi connectivity index (χ4v) is 5.97. The molecule has 3 amide bonds. The Kier molecular flexibility index (Phi) is 11.9. The summed E-state index contributed by atoms with van der Waals surface area (Å²) >= 11 is 1.57. The van der Waals surface area contributed by atoms with E-state index in [-0.39, 0.29) is 29.7 Å². The van der Waals surface area contributed by atoms with Crippen molar-refractivity contribution in [3.8, 4) is 0 Å². The van der Waals surface area contributed by atoms with Crippen LogP contribution < -0.4 is 16.0 Å².